The fourth-order valence-corrected chi connectivity index (χ4v) is 4.69. The lowest BCUT2D eigenvalue weighted by atomic mass is 9.90. The largest absolute Gasteiger partial charge is 0.285 e. The topological polar surface area (TPSA) is 12.5 Å². The molecule has 2 fully saturated rings. The first-order valence-electron chi connectivity index (χ1n) is 10.1. The lowest BCUT2D eigenvalue weighted by Gasteiger charge is -2.34. The van der Waals surface area contributed by atoms with Gasteiger partial charge < -0.3 is 0 Å². The minimum atomic E-state index is -0.106. The molecule has 0 saturated carbocycles. The third-order valence-corrected chi connectivity index (χ3v) is 6.21. The summed E-state index contributed by atoms with van der Waals surface area (Å²) in [6.45, 7) is 2.32. The van der Waals surface area contributed by atoms with Crippen LogP contribution in [0.25, 0.3) is 6.08 Å². The zero-order chi connectivity index (χ0) is 19.0. The second-order valence-electron chi connectivity index (χ2n) is 7.97. The lowest BCUT2D eigenvalue weighted by molar-refractivity contribution is -0.207. The van der Waals surface area contributed by atoms with E-state index in [0.717, 1.165) is 12.8 Å². The molecule has 0 N–H and O–H groups in total. The molecule has 0 spiro atoms. The summed E-state index contributed by atoms with van der Waals surface area (Å²) in [5, 5.41) is 2.27. The summed E-state index contributed by atoms with van der Waals surface area (Å²) >= 11 is 0. The van der Waals surface area contributed by atoms with Crippen LogP contribution in [0, 0.1) is 0 Å². The van der Waals surface area contributed by atoms with Gasteiger partial charge in [-0.15, -0.1) is 0 Å². The van der Waals surface area contributed by atoms with Crippen LogP contribution in [-0.2, 0) is 10.4 Å². The zero-order valence-corrected chi connectivity index (χ0v) is 16.2. The van der Waals surface area contributed by atoms with Crippen LogP contribution in [0.1, 0.15) is 42.6 Å². The summed E-state index contributed by atoms with van der Waals surface area (Å²) in [5.74, 6) is 0. The van der Waals surface area contributed by atoms with E-state index in [-0.39, 0.29) is 11.6 Å². The minimum absolute atomic E-state index is 0.0326. The third-order valence-electron chi connectivity index (χ3n) is 6.21. The maximum Gasteiger partial charge on any atom is 0.127 e. The van der Waals surface area contributed by atoms with Crippen molar-refractivity contribution in [2.75, 3.05) is 0 Å². The van der Waals surface area contributed by atoms with E-state index >= 15 is 0 Å². The highest BCUT2D eigenvalue weighted by Gasteiger charge is 2.53. The molecule has 140 valence electrons. The zero-order valence-electron chi connectivity index (χ0n) is 16.2. The van der Waals surface area contributed by atoms with Gasteiger partial charge in [0.25, 0.3) is 0 Å². The molecule has 0 amide bonds. The summed E-state index contributed by atoms with van der Waals surface area (Å²) in [7, 11) is 0. The molecule has 3 aromatic carbocycles. The van der Waals surface area contributed by atoms with Gasteiger partial charge in [-0.05, 0) is 42.0 Å². The first-order valence-corrected chi connectivity index (χ1v) is 10.1. The van der Waals surface area contributed by atoms with Gasteiger partial charge in [0.1, 0.15) is 6.10 Å². The molecular formula is C26H25NO. The number of nitrogens with zero attached hydrogens (tertiary/aromatic N) is 1. The van der Waals surface area contributed by atoms with Crippen molar-refractivity contribution in [1.29, 1.82) is 0 Å². The van der Waals surface area contributed by atoms with E-state index in [2.05, 4.69) is 109 Å². The van der Waals surface area contributed by atoms with Crippen LogP contribution in [0.2, 0.25) is 0 Å². The molecule has 0 aliphatic carbocycles. The van der Waals surface area contributed by atoms with E-state index in [0.29, 0.717) is 6.04 Å². The third kappa shape index (κ3) is 2.90. The Labute approximate surface area is 167 Å². The average molecular weight is 367 g/mol. The summed E-state index contributed by atoms with van der Waals surface area (Å²) in [4.78, 5) is 6.69. The first kappa shape index (κ1) is 17.4. The number of rotatable bonds is 3. The van der Waals surface area contributed by atoms with Gasteiger partial charge in [-0.25, -0.2) is 0 Å². The van der Waals surface area contributed by atoms with Gasteiger partial charge in [0.2, 0.25) is 0 Å². The summed E-state index contributed by atoms with van der Waals surface area (Å²) < 4.78 is 0. The van der Waals surface area contributed by atoms with Crippen molar-refractivity contribution in [3.63, 3.8) is 0 Å². The Hall–Kier alpha value is -2.68. The maximum atomic E-state index is 6.69. The highest BCUT2D eigenvalue weighted by atomic mass is 16.7. The molecule has 0 aromatic heterocycles. The van der Waals surface area contributed by atoms with Crippen LogP contribution in [0.15, 0.2) is 96.6 Å². The maximum absolute atomic E-state index is 6.69. The number of benzene rings is 3. The Balaban J connectivity index is 1.58. The van der Waals surface area contributed by atoms with Gasteiger partial charge >= 0.3 is 0 Å². The van der Waals surface area contributed by atoms with Crippen LogP contribution < -0.4 is 0 Å². The van der Waals surface area contributed by atoms with Crippen LogP contribution in [0.4, 0.5) is 0 Å². The smallest absolute Gasteiger partial charge is 0.127 e. The van der Waals surface area contributed by atoms with Crippen molar-refractivity contribution in [3.8, 4) is 0 Å². The molecular weight excluding hydrogens is 342 g/mol. The number of hydroxylamine groups is 2. The van der Waals surface area contributed by atoms with Gasteiger partial charge in [-0.3, -0.25) is 4.84 Å². The Bertz CT molecular complexity index is 967. The molecule has 3 aromatic rings. The fourth-order valence-electron chi connectivity index (χ4n) is 4.69. The minimum Gasteiger partial charge on any atom is -0.285 e. The first-order chi connectivity index (χ1) is 13.8. The Morgan fingerprint density at radius 3 is 2.14 bits per heavy atom. The molecule has 2 aliphatic heterocycles. The molecule has 2 heterocycles. The number of hydrogen-bond donors (Lipinski definition) is 0. The highest BCUT2D eigenvalue weighted by molar-refractivity contribution is 5.57. The van der Waals surface area contributed by atoms with Crippen molar-refractivity contribution in [2.24, 2.45) is 0 Å². The predicted molar refractivity (Wildman–Crippen MR) is 113 cm³/mol. The van der Waals surface area contributed by atoms with E-state index < -0.39 is 0 Å². The molecule has 0 radical (unpaired) electrons. The quantitative estimate of drug-likeness (QED) is 0.551. The van der Waals surface area contributed by atoms with Gasteiger partial charge in [0, 0.05) is 0 Å². The van der Waals surface area contributed by atoms with Gasteiger partial charge in [0.05, 0.1) is 11.6 Å². The van der Waals surface area contributed by atoms with E-state index in [9.17, 15) is 0 Å². The fraction of sp³-hybridized carbons (Fsp3) is 0.231. The Kier molecular flexibility index (Phi) is 4.38. The van der Waals surface area contributed by atoms with E-state index in [1.807, 2.05) is 0 Å². The van der Waals surface area contributed by atoms with Crippen LogP contribution in [0.5, 0.6) is 0 Å². The Morgan fingerprint density at radius 1 is 0.857 bits per heavy atom. The number of hydrogen-bond acceptors (Lipinski definition) is 2. The van der Waals surface area contributed by atoms with Crippen LogP contribution >= 0.6 is 0 Å². The van der Waals surface area contributed by atoms with Gasteiger partial charge in [0.15, 0.2) is 0 Å². The summed E-state index contributed by atoms with van der Waals surface area (Å²) in [5.41, 5.74) is 5.03. The monoisotopic (exact) mass is 367 g/mol. The SMILES string of the molecule is C[C@@]1(c2ccccc2)CC[C@H]2/C(=C\c3ccccc3)[C@H](c3ccccc3)ON21. The lowest BCUT2D eigenvalue weighted by Crippen LogP contribution is -2.39. The van der Waals surface area contributed by atoms with E-state index in [4.69, 9.17) is 4.84 Å². The molecule has 2 aliphatic rings. The molecule has 0 bridgehead atoms. The standard InChI is InChI=1S/C26H25NO/c1-26(22-15-9-4-10-16-22)18-17-24-23(19-20-11-5-2-6-12-20)25(28-27(24)26)21-13-7-3-8-14-21/h2-16,19,24-25H,17-18H2,1H3/b23-19+/t24-,25-,26-/m0/s1. The van der Waals surface area contributed by atoms with Crippen LogP contribution in [-0.4, -0.2) is 11.1 Å². The van der Waals surface area contributed by atoms with Crippen molar-refractivity contribution in [1.82, 2.24) is 5.06 Å². The van der Waals surface area contributed by atoms with E-state index in [1.54, 1.807) is 0 Å². The molecule has 2 saturated heterocycles. The second-order valence-corrected chi connectivity index (χ2v) is 7.97. The van der Waals surface area contributed by atoms with Crippen molar-refractivity contribution in [2.45, 2.75) is 37.5 Å². The van der Waals surface area contributed by atoms with Crippen molar-refractivity contribution >= 4 is 6.08 Å². The molecule has 2 heteroatoms. The predicted octanol–water partition coefficient (Wildman–Crippen LogP) is 6.14. The van der Waals surface area contributed by atoms with Gasteiger partial charge in [-0.2, -0.15) is 5.06 Å². The summed E-state index contributed by atoms with van der Waals surface area (Å²) in [6, 6.07) is 32.3. The van der Waals surface area contributed by atoms with E-state index in [1.165, 1.54) is 22.3 Å². The molecule has 3 atom stereocenters. The molecule has 0 unspecified atom stereocenters. The average Bonchev–Trinajstić information content (AvgIpc) is 3.29. The molecule has 28 heavy (non-hydrogen) atoms. The molecule has 2 nitrogen and oxygen atoms in total. The van der Waals surface area contributed by atoms with Crippen molar-refractivity contribution in [3.05, 3.63) is 113 Å². The Morgan fingerprint density at radius 2 is 1.46 bits per heavy atom. The van der Waals surface area contributed by atoms with Crippen LogP contribution in [0.3, 0.4) is 0 Å². The second kappa shape index (κ2) is 7.05. The highest BCUT2D eigenvalue weighted by Crippen LogP contribution is 2.53. The van der Waals surface area contributed by atoms with Gasteiger partial charge in [-0.1, -0.05) is 97.1 Å². The normalized spacial score (nSPS) is 28.5. The number of fused-ring (bicyclic) bond motifs is 1. The summed E-state index contributed by atoms with van der Waals surface area (Å²) in [6.07, 6.45) is 4.50. The van der Waals surface area contributed by atoms with Crippen molar-refractivity contribution < 1.29 is 4.84 Å². The molecule has 5 rings (SSSR count).